The van der Waals surface area contributed by atoms with Crippen LogP contribution in [0, 0.1) is 37.0 Å². The van der Waals surface area contributed by atoms with E-state index in [1.54, 1.807) is 6.07 Å². The van der Waals surface area contributed by atoms with E-state index < -0.39 is 5.79 Å². The number of carbonyl (C=O) groups excluding carboxylic acids is 1. The van der Waals surface area contributed by atoms with E-state index in [0.717, 1.165) is 49.4 Å². The number of thioether (sulfide) groups is 1. The SMILES string of the molecule is CSc1cc(C)[nH]c(=O)c1CNC(=O)c1cc(Cl)c2c(c1C)O[C@](C)(C1CCC(N3CC(C#N)C3)CC1)O2. The van der Waals surface area contributed by atoms with Gasteiger partial charge in [0, 0.05) is 65.8 Å². The number of aryl methyl sites for hydroxylation is 1. The largest absolute Gasteiger partial charge is 0.448 e. The second kappa shape index (κ2) is 10.5. The van der Waals surface area contributed by atoms with E-state index in [2.05, 4.69) is 21.3 Å². The molecule has 0 bridgehead atoms. The van der Waals surface area contributed by atoms with Crippen molar-refractivity contribution in [1.29, 1.82) is 5.26 Å². The van der Waals surface area contributed by atoms with Crippen molar-refractivity contribution in [2.24, 2.45) is 11.8 Å². The third-order valence-electron chi connectivity index (χ3n) is 8.22. The van der Waals surface area contributed by atoms with Crippen molar-refractivity contribution in [3.8, 4) is 17.6 Å². The number of hydrogen-bond acceptors (Lipinski definition) is 7. The highest BCUT2D eigenvalue weighted by molar-refractivity contribution is 7.98. The molecule has 8 nitrogen and oxygen atoms in total. The number of nitrogens with zero attached hydrogens (tertiary/aromatic N) is 2. The third-order valence-corrected chi connectivity index (χ3v) is 9.30. The van der Waals surface area contributed by atoms with Gasteiger partial charge in [-0.25, -0.2) is 0 Å². The Morgan fingerprint density at radius 2 is 1.92 bits per heavy atom. The molecule has 202 valence electrons. The molecule has 1 aliphatic carbocycles. The third kappa shape index (κ3) is 4.90. The van der Waals surface area contributed by atoms with Crippen molar-refractivity contribution in [2.75, 3.05) is 19.3 Å². The highest BCUT2D eigenvalue weighted by Gasteiger charge is 2.48. The van der Waals surface area contributed by atoms with Crippen molar-refractivity contribution < 1.29 is 14.3 Å². The van der Waals surface area contributed by atoms with Gasteiger partial charge in [0.25, 0.3) is 17.3 Å². The fourth-order valence-corrected chi connectivity index (χ4v) is 6.85. The van der Waals surface area contributed by atoms with Crippen LogP contribution in [0.3, 0.4) is 0 Å². The highest BCUT2D eigenvalue weighted by atomic mass is 35.5. The van der Waals surface area contributed by atoms with Crippen LogP contribution >= 0.6 is 23.4 Å². The van der Waals surface area contributed by atoms with E-state index in [-0.39, 0.29) is 29.8 Å². The smallest absolute Gasteiger partial charge is 0.254 e. The Morgan fingerprint density at radius 3 is 2.58 bits per heavy atom. The zero-order valence-corrected chi connectivity index (χ0v) is 23.7. The molecule has 1 aromatic carbocycles. The maximum Gasteiger partial charge on any atom is 0.254 e. The molecule has 0 spiro atoms. The molecule has 5 rings (SSSR count). The Morgan fingerprint density at radius 1 is 1.24 bits per heavy atom. The summed E-state index contributed by atoms with van der Waals surface area (Å²) in [6.07, 6.45) is 5.89. The molecule has 1 atom stereocenters. The van der Waals surface area contributed by atoms with Gasteiger partial charge in [0.05, 0.1) is 17.0 Å². The second-order valence-electron chi connectivity index (χ2n) is 10.7. The van der Waals surface area contributed by atoms with Gasteiger partial charge in [-0.2, -0.15) is 5.26 Å². The molecule has 2 aromatic rings. The van der Waals surface area contributed by atoms with Crippen molar-refractivity contribution >= 4 is 29.3 Å². The first-order chi connectivity index (χ1) is 18.1. The van der Waals surface area contributed by atoms with Crippen molar-refractivity contribution in [2.45, 2.75) is 69.7 Å². The monoisotopic (exact) mass is 556 g/mol. The standard InChI is InChI=1S/C28H33ClN4O4S/c1-15-9-23(38-4)21(27(35)32-15)12-31-26(34)20-10-22(29)25-24(16(20)2)36-28(3,37-25)18-5-7-19(8-6-18)33-13-17(11-30)14-33/h9-10,17-19H,5-8,12-14H2,1-4H3,(H,31,34)(H,32,35)/t18?,19?,28-/m0/s1. The number of benzene rings is 1. The van der Waals surface area contributed by atoms with Crippen molar-refractivity contribution in [3.05, 3.63) is 49.9 Å². The molecule has 10 heteroatoms. The Balaban J connectivity index is 1.27. The summed E-state index contributed by atoms with van der Waals surface area (Å²) in [5, 5.41) is 12.3. The summed E-state index contributed by atoms with van der Waals surface area (Å²) >= 11 is 8.08. The summed E-state index contributed by atoms with van der Waals surface area (Å²) in [5.41, 5.74) is 2.14. The van der Waals surface area contributed by atoms with Gasteiger partial charge in [0.1, 0.15) is 0 Å². The van der Waals surface area contributed by atoms with E-state index in [9.17, 15) is 9.59 Å². The number of fused-ring (bicyclic) bond motifs is 1. The molecule has 1 saturated heterocycles. The fraction of sp³-hybridized carbons (Fsp3) is 0.536. The summed E-state index contributed by atoms with van der Waals surface area (Å²) < 4.78 is 12.8. The Kier molecular flexibility index (Phi) is 7.42. The van der Waals surface area contributed by atoms with Crippen LogP contribution in [0.5, 0.6) is 11.5 Å². The number of amides is 1. The number of H-pyrrole nitrogens is 1. The van der Waals surface area contributed by atoms with E-state index >= 15 is 0 Å². The van der Waals surface area contributed by atoms with Gasteiger partial charge < -0.3 is 19.8 Å². The van der Waals surface area contributed by atoms with Gasteiger partial charge in [-0.15, -0.1) is 11.8 Å². The zero-order chi connectivity index (χ0) is 27.2. The average molecular weight is 557 g/mol. The molecule has 0 radical (unpaired) electrons. The van der Waals surface area contributed by atoms with E-state index in [4.69, 9.17) is 26.3 Å². The second-order valence-corrected chi connectivity index (χ2v) is 12.0. The Bertz CT molecular complexity index is 1360. The molecule has 0 unspecified atom stereocenters. The van der Waals surface area contributed by atoms with Crippen LogP contribution in [-0.4, -0.2) is 47.0 Å². The van der Waals surface area contributed by atoms with Crippen LogP contribution in [0.1, 0.15) is 59.8 Å². The molecular weight excluding hydrogens is 524 g/mol. The molecule has 3 heterocycles. The molecule has 3 aliphatic rings. The van der Waals surface area contributed by atoms with Crippen LogP contribution in [0.2, 0.25) is 5.02 Å². The minimum absolute atomic E-state index is 0.100. The number of pyridine rings is 1. The van der Waals surface area contributed by atoms with E-state index in [1.165, 1.54) is 11.8 Å². The summed E-state index contributed by atoms with van der Waals surface area (Å²) in [6, 6.07) is 6.37. The number of nitrogens with one attached hydrogen (secondary N) is 2. The van der Waals surface area contributed by atoms with Gasteiger partial charge in [-0.3, -0.25) is 14.5 Å². The predicted octanol–water partition coefficient (Wildman–Crippen LogP) is 4.80. The lowest BCUT2D eigenvalue weighted by atomic mass is 9.79. The van der Waals surface area contributed by atoms with E-state index in [1.807, 2.05) is 33.1 Å². The number of carbonyl (C=O) groups is 1. The highest BCUT2D eigenvalue weighted by Crippen LogP contribution is 2.52. The maximum atomic E-state index is 13.2. The summed E-state index contributed by atoms with van der Waals surface area (Å²) in [6.45, 7) is 7.46. The first kappa shape index (κ1) is 26.9. The lowest BCUT2D eigenvalue weighted by Gasteiger charge is -2.45. The molecule has 1 aromatic heterocycles. The molecule has 1 amide bonds. The van der Waals surface area contributed by atoms with Gasteiger partial charge in [-0.1, -0.05) is 11.6 Å². The Labute approximate surface area is 232 Å². The zero-order valence-electron chi connectivity index (χ0n) is 22.2. The van der Waals surface area contributed by atoms with E-state index in [0.29, 0.717) is 39.3 Å². The molecule has 38 heavy (non-hydrogen) atoms. The van der Waals surface area contributed by atoms with Crippen molar-refractivity contribution in [1.82, 2.24) is 15.2 Å². The molecular formula is C28H33ClN4O4S. The summed E-state index contributed by atoms with van der Waals surface area (Å²) in [4.78, 5) is 31.7. The average Bonchev–Trinajstić information content (AvgIpc) is 3.24. The number of rotatable bonds is 6. The number of aromatic amines is 1. The quantitative estimate of drug-likeness (QED) is 0.492. The summed E-state index contributed by atoms with van der Waals surface area (Å²) in [7, 11) is 0. The molecule has 2 aliphatic heterocycles. The number of ether oxygens (including phenoxy) is 2. The molecule has 2 N–H and O–H groups in total. The molecule has 1 saturated carbocycles. The van der Waals surface area contributed by atoms with Gasteiger partial charge in [0.2, 0.25) is 0 Å². The first-order valence-electron chi connectivity index (χ1n) is 13.0. The van der Waals surface area contributed by atoms with Crippen LogP contribution in [0.4, 0.5) is 0 Å². The number of likely N-dealkylation sites (tertiary alicyclic amines) is 1. The van der Waals surface area contributed by atoms with Gasteiger partial charge in [0.15, 0.2) is 11.5 Å². The van der Waals surface area contributed by atoms with Gasteiger partial charge in [-0.05, 0) is 57.9 Å². The van der Waals surface area contributed by atoms with Crippen LogP contribution in [0.15, 0.2) is 21.8 Å². The Hall–Kier alpha value is -2.67. The number of nitriles is 1. The lowest BCUT2D eigenvalue weighted by molar-refractivity contribution is -0.126. The minimum atomic E-state index is -0.858. The summed E-state index contributed by atoms with van der Waals surface area (Å²) in [5.74, 6) is 0.147. The first-order valence-corrected chi connectivity index (χ1v) is 14.6. The van der Waals surface area contributed by atoms with Crippen LogP contribution < -0.4 is 20.3 Å². The number of halogens is 1. The predicted molar refractivity (Wildman–Crippen MR) is 147 cm³/mol. The normalized spacial score (nSPS) is 25.1. The van der Waals surface area contributed by atoms with Crippen LogP contribution in [-0.2, 0) is 6.54 Å². The minimum Gasteiger partial charge on any atom is -0.448 e. The van der Waals surface area contributed by atoms with Gasteiger partial charge >= 0.3 is 0 Å². The maximum absolute atomic E-state index is 13.2. The van der Waals surface area contributed by atoms with Crippen LogP contribution in [0.25, 0.3) is 0 Å². The number of aromatic nitrogens is 1. The lowest BCUT2D eigenvalue weighted by Crippen LogP contribution is -2.54. The topological polar surface area (TPSA) is 107 Å². The van der Waals surface area contributed by atoms with Crippen molar-refractivity contribution in [3.63, 3.8) is 0 Å². The number of hydrogen-bond donors (Lipinski definition) is 2. The fourth-order valence-electron chi connectivity index (χ4n) is 5.91. The molecule has 2 fully saturated rings.